The SMILES string of the molecule is CN(C)C1(CNC2CCOC3(CCC3)C2)CCCC1. The lowest BCUT2D eigenvalue weighted by molar-refractivity contribution is -0.136. The van der Waals surface area contributed by atoms with Crippen LogP contribution in [0.4, 0.5) is 0 Å². The highest BCUT2D eigenvalue weighted by molar-refractivity contribution is 4.99. The van der Waals surface area contributed by atoms with Gasteiger partial charge in [-0.25, -0.2) is 0 Å². The molecule has 1 unspecified atom stereocenters. The second-order valence-electron chi connectivity index (χ2n) is 7.28. The van der Waals surface area contributed by atoms with Gasteiger partial charge in [0.1, 0.15) is 0 Å². The molecule has 1 atom stereocenters. The van der Waals surface area contributed by atoms with Crippen molar-refractivity contribution in [2.75, 3.05) is 27.2 Å². The van der Waals surface area contributed by atoms with Gasteiger partial charge in [0.15, 0.2) is 0 Å². The van der Waals surface area contributed by atoms with Crippen molar-refractivity contribution in [1.29, 1.82) is 0 Å². The summed E-state index contributed by atoms with van der Waals surface area (Å²) < 4.78 is 6.03. The van der Waals surface area contributed by atoms with Crippen LogP contribution in [0.3, 0.4) is 0 Å². The number of ether oxygens (including phenoxy) is 1. The number of nitrogens with zero attached hydrogens (tertiary/aromatic N) is 1. The molecule has 2 aliphatic carbocycles. The van der Waals surface area contributed by atoms with Gasteiger partial charge in [-0.2, -0.15) is 0 Å². The van der Waals surface area contributed by atoms with Gasteiger partial charge in [0.25, 0.3) is 0 Å². The van der Waals surface area contributed by atoms with Gasteiger partial charge in [0, 0.05) is 24.7 Å². The monoisotopic (exact) mass is 266 g/mol. The maximum absolute atomic E-state index is 6.03. The fourth-order valence-corrected chi connectivity index (χ4v) is 4.27. The van der Waals surface area contributed by atoms with Crippen LogP contribution < -0.4 is 5.32 Å². The smallest absolute Gasteiger partial charge is 0.0697 e. The molecule has 1 N–H and O–H groups in total. The maximum Gasteiger partial charge on any atom is 0.0697 e. The Bertz CT molecular complexity index is 306. The molecule has 1 spiro atoms. The van der Waals surface area contributed by atoms with E-state index in [2.05, 4.69) is 24.3 Å². The molecule has 3 aliphatic rings. The molecule has 0 radical (unpaired) electrons. The molecular formula is C16H30N2O. The quantitative estimate of drug-likeness (QED) is 0.846. The predicted octanol–water partition coefficient (Wildman–Crippen LogP) is 2.55. The van der Waals surface area contributed by atoms with E-state index in [0.29, 0.717) is 11.6 Å². The van der Waals surface area contributed by atoms with Crippen LogP contribution in [-0.2, 0) is 4.74 Å². The average Bonchev–Trinajstić information content (AvgIpc) is 2.85. The number of likely N-dealkylation sites (N-methyl/N-ethyl adjacent to an activating group) is 1. The van der Waals surface area contributed by atoms with Crippen molar-refractivity contribution in [1.82, 2.24) is 10.2 Å². The minimum absolute atomic E-state index is 0.275. The highest BCUT2D eigenvalue weighted by Crippen LogP contribution is 2.42. The summed E-state index contributed by atoms with van der Waals surface area (Å²) in [6.45, 7) is 2.13. The summed E-state index contributed by atoms with van der Waals surface area (Å²) in [7, 11) is 4.51. The molecule has 1 heterocycles. The second-order valence-corrected chi connectivity index (χ2v) is 7.28. The molecule has 0 aromatic heterocycles. The topological polar surface area (TPSA) is 24.5 Å². The van der Waals surface area contributed by atoms with E-state index in [1.54, 1.807) is 0 Å². The molecule has 110 valence electrons. The number of hydrogen-bond acceptors (Lipinski definition) is 3. The summed E-state index contributed by atoms with van der Waals surface area (Å²) in [4.78, 5) is 2.46. The van der Waals surface area contributed by atoms with Gasteiger partial charge in [-0.05, 0) is 59.0 Å². The first kappa shape index (κ1) is 13.8. The molecule has 19 heavy (non-hydrogen) atoms. The highest BCUT2D eigenvalue weighted by atomic mass is 16.5. The molecule has 0 aromatic rings. The Morgan fingerprint density at radius 1 is 1.11 bits per heavy atom. The Balaban J connectivity index is 1.53. The standard InChI is InChI=1S/C16H30N2O/c1-18(2)15(7-3-4-8-15)13-17-14-6-11-19-16(12-14)9-5-10-16/h14,17H,3-13H2,1-2H3. The van der Waals surface area contributed by atoms with Crippen LogP contribution in [0.1, 0.15) is 57.8 Å². The van der Waals surface area contributed by atoms with Gasteiger partial charge in [-0.15, -0.1) is 0 Å². The van der Waals surface area contributed by atoms with Crippen LogP contribution in [0.15, 0.2) is 0 Å². The predicted molar refractivity (Wildman–Crippen MR) is 78.4 cm³/mol. The first-order valence-electron chi connectivity index (χ1n) is 8.19. The number of hydrogen-bond donors (Lipinski definition) is 1. The van der Waals surface area contributed by atoms with Gasteiger partial charge in [0.05, 0.1) is 5.60 Å². The molecule has 0 amide bonds. The zero-order valence-electron chi connectivity index (χ0n) is 12.7. The van der Waals surface area contributed by atoms with Crippen molar-refractivity contribution in [3.05, 3.63) is 0 Å². The Kier molecular flexibility index (Phi) is 3.89. The zero-order valence-corrected chi connectivity index (χ0v) is 12.7. The lowest BCUT2D eigenvalue weighted by Crippen LogP contribution is -2.56. The molecule has 0 aromatic carbocycles. The van der Waals surface area contributed by atoms with E-state index in [1.807, 2.05) is 0 Å². The van der Waals surface area contributed by atoms with Crippen LogP contribution in [0, 0.1) is 0 Å². The average molecular weight is 266 g/mol. The van der Waals surface area contributed by atoms with Crippen molar-refractivity contribution >= 4 is 0 Å². The Morgan fingerprint density at radius 2 is 1.84 bits per heavy atom. The summed E-state index contributed by atoms with van der Waals surface area (Å²) in [6, 6.07) is 0.687. The summed E-state index contributed by atoms with van der Waals surface area (Å²) in [5.74, 6) is 0. The minimum Gasteiger partial charge on any atom is -0.375 e. The first-order valence-corrected chi connectivity index (χ1v) is 8.19. The van der Waals surface area contributed by atoms with Crippen molar-refractivity contribution in [2.45, 2.75) is 75.0 Å². The van der Waals surface area contributed by atoms with Crippen LogP contribution in [0.2, 0.25) is 0 Å². The number of nitrogens with one attached hydrogen (secondary N) is 1. The molecule has 0 bridgehead atoms. The molecule has 3 nitrogen and oxygen atoms in total. The molecule has 1 saturated heterocycles. The second kappa shape index (κ2) is 5.34. The summed E-state index contributed by atoms with van der Waals surface area (Å²) in [5.41, 5.74) is 0.696. The van der Waals surface area contributed by atoms with E-state index >= 15 is 0 Å². The summed E-state index contributed by atoms with van der Waals surface area (Å²) in [6.07, 6.45) is 11.9. The third-order valence-corrected chi connectivity index (χ3v) is 5.96. The maximum atomic E-state index is 6.03. The Morgan fingerprint density at radius 3 is 2.42 bits per heavy atom. The molecule has 1 aliphatic heterocycles. The molecule has 3 heteroatoms. The molecular weight excluding hydrogens is 236 g/mol. The van der Waals surface area contributed by atoms with Gasteiger partial charge in [0.2, 0.25) is 0 Å². The van der Waals surface area contributed by atoms with Crippen LogP contribution in [0.25, 0.3) is 0 Å². The van der Waals surface area contributed by atoms with Gasteiger partial charge in [-0.3, -0.25) is 0 Å². The van der Waals surface area contributed by atoms with E-state index in [0.717, 1.165) is 6.61 Å². The van der Waals surface area contributed by atoms with Gasteiger partial charge >= 0.3 is 0 Å². The Hall–Kier alpha value is -0.120. The minimum atomic E-state index is 0.275. The Labute approximate surface area is 118 Å². The van der Waals surface area contributed by atoms with E-state index < -0.39 is 0 Å². The van der Waals surface area contributed by atoms with Gasteiger partial charge in [-0.1, -0.05) is 12.8 Å². The fourth-order valence-electron chi connectivity index (χ4n) is 4.27. The lowest BCUT2D eigenvalue weighted by atomic mass is 9.74. The van der Waals surface area contributed by atoms with E-state index in [4.69, 9.17) is 4.74 Å². The van der Waals surface area contributed by atoms with Crippen molar-refractivity contribution in [2.24, 2.45) is 0 Å². The van der Waals surface area contributed by atoms with Crippen molar-refractivity contribution < 1.29 is 4.74 Å². The van der Waals surface area contributed by atoms with Crippen LogP contribution in [0.5, 0.6) is 0 Å². The van der Waals surface area contributed by atoms with E-state index in [9.17, 15) is 0 Å². The summed E-state index contributed by atoms with van der Waals surface area (Å²) in [5, 5.41) is 3.89. The zero-order chi connectivity index (χ0) is 13.3. The molecule has 3 rings (SSSR count). The van der Waals surface area contributed by atoms with Crippen LogP contribution >= 0.6 is 0 Å². The fraction of sp³-hybridized carbons (Fsp3) is 1.00. The first-order chi connectivity index (χ1) is 9.14. The molecule has 3 fully saturated rings. The third-order valence-electron chi connectivity index (χ3n) is 5.96. The van der Waals surface area contributed by atoms with E-state index in [-0.39, 0.29) is 5.60 Å². The highest BCUT2D eigenvalue weighted by Gasteiger charge is 2.43. The lowest BCUT2D eigenvalue weighted by Gasteiger charge is -2.48. The summed E-state index contributed by atoms with van der Waals surface area (Å²) >= 11 is 0. The third kappa shape index (κ3) is 2.70. The number of rotatable bonds is 4. The van der Waals surface area contributed by atoms with Crippen molar-refractivity contribution in [3.63, 3.8) is 0 Å². The largest absolute Gasteiger partial charge is 0.375 e. The van der Waals surface area contributed by atoms with Crippen LogP contribution in [-0.4, -0.2) is 49.3 Å². The van der Waals surface area contributed by atoms with Crippen molar-refractivity contribution in [3.8, 4) is 0 Å². The normalized spacial score (nSPS) is 32.7. The van der Waals surface area contributed by atoms with E-state index in [1.165, 1.54) is 64.3 Å². The van der Waals surface area contributed by atoms with Gasteiger partial charge < -0.3 is 15.0 Å². The molecule has 2 saturated carbocycles.